The van der Waals surface area contributed by atoms with Crippen LogP contribution < -0.4 is 5.32 Å². The summed E-state index contributed by atoms with van der Waals surface area (Å²) >= 11 is 5.98. The van der Waals surface area contributed by atoms with Crippen molar-refractivity contribution in [1.82, 2.24) is 14.5 Å². The summed E-state index contributed by atoms with van der Waals surface area (Å²) in [6.45, 7) is 5.47. The number of amides is 1. The number of halogens is 4. The Morgan fingerprint density at radius 3 is 2.27 bits per heavy atom. The van der Waals surface area contributed by atoms with Gasteiger partial charge in [-0.2, -0.15) is 4.31 Å². The number of aryl methyl sites for hydroxylation is 1. The Labute approximate surface area is 206 Å². The van der Waals surface area contributed by atoms with Gasteiger partial charge in [-0.3, -0.25) is 9.69 Å². The molecule has 188 valence electrons. The van der Waals surface area contributed by atoms with Crippen LogP contribution in [0.15, 0.2) is 18.2 Å². The van der Waals surface area contributed by atoms with Gasteiger partial charge in [0.1, 0.15) is 0 Å². The normalized spacial score (nSPS) is 21.2. The van der Waals surface area contributed by atoms with E-state index in [-0.39, 0.29) is 56.3 Å². The van der Waals surface area contributed by atoms with E-state index in [1.54, 1.807) is 25.1 Å². The lowest BCUT2D eigenvalue weighted by Gasteiger charge is -2.50. The van der Waals surface area contributed by atoms with Gasteiger partial charge in [0.25, 0.3) is 5.91 Å². The minimum Gasteiger partial charge on any atom is -0.350 e. The fourth-order valence-electron chi connectivity index (χ4n) is 4.74. The number of hydrogen-bond acceptors (Lipinski definition) is 4. The second-order valence-electron chi connectivity index (χ2n) is 8.92. The molecule has 0 bridgehead atoms. The van der Waals surface area contributed by atoms with Crippen molar-refractivity contribution in [1.29, 1.82) is 0 Å². The molecule has 11 heteroatoms. The number of nitrogens with one attached hydrogen (secondary N) is 1. The Bertz CT molecular complexity index is 929. The zero-order chi connectivity index (χ0) is 23.6. The number of benzene rings is 1. The third kappa shape index (κ3) is 6.78. The second kappa shape index (κ2) is 11.2. The highest BCUT2D eigenvalue weighted by Crippen LogP contribution is 2.42. The summed E-state index contributed by atoms with van der Waals surface area (Å²) in [5.41, 5.74) is 0.633. The summed E-state index contributed by atoms with van der Waals surface area (Å²) in [6.07, 6.45) is 0.579. The lowest BCUT2D eigenvalue weighted by molar-refractivity contribution is -0.0856. The molecule has 1 amide bonds. The molecule has 2 aliphatic rings. The number of alkyl halides is 2. The van der Waals surface area contributed by atoms with E-state index < -0.39 is 21.5 Å². The number of sulfonamides is 1. The van der Waals surface area contributed by atoms with E-state index in [0.29, 0.717) is 43.2 Å². The smallest absolute Gasteiger partial charge is 0.251 e. The Kier molecular flexibility index (Phi) is 9.55. The van der Waals surface area contributed by atoms with Crippen LogP contribution in [0, 0.1) is 6.92 Å². The topological polar surface area (TPSA) is 69.7 Å². The first kappa shape index (κ1) is 28.2. The molecular weight excluding hydrogens is 495 g/mol. The minimum absolute atomic E-state index is 0. The molecule has 0 radical (unpaired) electrons. The molecule has 6 nitrogen and oxygen atoms in total. The van der Waals surface area contributed by atoms with Crippen molar-refractivity contribution in [2.24, 2.45) is 0 Å². The first-order valence-electron chi connectivity index (χ1n) is 11.1. The van der Waals surface area contributed by atoms with Crippen LogP contribution in [-0.2, 0) is 10.0 Å². The van der Waals surface area contributed by atoms with Crippen LogP contribution in [0.1, 0.15) is 54.9 Å². The maximum atomic E-state index is 14.0. The molecule has 0 spiro atoms. The maximum Gasteiger partial charge on any atom is 0.251 e. The largest absolute Gasteiger partial charge is 0.350 e. The molecule has 1 heterocycles. The van der Waals surface area contributed by atoms with Gasteiger partial charge in [-0.15, -0.1) is 12.4 Å². The van der Waals surface area contributed by atoms with Gasteiger partial charge in [0.15, 0.2) is 0 Å². The van der Waals surface area contributed by atoms with Crippen molar-refractivity contribution in [3.63, 3.8) is 0 Å². The summed E-state index contributed by atoms with van der Waals surface area (Å²) in [5, 5.41) is 3.50. The summed E-state index contributed by atoms with van der Waals surface area (Å²) in [4.78, 5) is 14.9. The van der Waals surface area contributed by atoms with E-state index in [0.717, 1.165) is 5.56 Å². The number of carbonyl (C=O) groups excluding carboxylic acids is 1. The highest BCUT2D eigenvalue weighted by Gasteiger charge is 2.47. The average Bonchev–Trinajstić information content (AvgIpc) is 2.73. The average molecular weight is 528 g/mol. The fourth-order valence-corrected chi connectivity index (χ4v) is 6.46. The maximum absolute atomic E-state index is 14.0. The van der Waals surface area contributed by atoms with Gasteiger partial charge in [-0.25, -0.2) is 17.2 Å². The van der Waals surface area contributed by atoms with Gasteiger partial charge < -0.3 is 5.32 Å². The molecule has 3 rings (SSSR count). The van der Waals surface area contributed by atoms with Crippen LogP contribution in [0.5, 0.6) is 0 Å². The first-order valence-corrected chi connectivity index (χ1v) is 13.1. The van der Waals surface area contributed by atoms with Crippen molar-refractivity contribution < 1.29 is 22.0 Å². The van der Waals surface area contributed by atoms with E-state index in [1.807, 2.05) is 6.92 Å². The van der Waals surface area contributed by atoms with Crippen molar-refractivity contribution in [2.75, 3.05) is 38.5 Å². The van der Waals surface area contributed by atoms with Crippen molar-refractivity contribution in [2.45, 2.75) is 57.4 Å². The predicted molar refractivity (Wildman–Crippen MR) is 129 cm³/mol. The summed E-state index contributed by atoms with van der Waals surface area (Å²) < 4.78 is 54.2. The molecule has 1 aliphatic carbocycles. The molecule has 0 atom stereocenters. The molecule has 1 saturated heterocycles. The van der Waals surface area contributed by atoms with E-state index >= 15 is 0 Å². The van der Waals surface area contributed by atoms with Crippen LogP contribution >= 0.6 is 24.0 Å². The molecule has 0 unspecified atom stereocenters. The van der Waals surface area contributed by atoms with Gasteiger partial charge in [-0.05, 0) is 49.9 Å². The highest BCUT2D eigenvalue weighted by molar-refractivity contribution is 7.89. The van der Waals surface area contributed by atoms with Gasteiger partial charge >= 0.3 is 0 Å². The molecule has 1 aromatic rings. The van der Waals surface area contributed by atoms with Crippen LogP contribution in [0.2, 0.25) is 5.02 Å². The number of carbonyl (C=O) groups is 1. The number of nitrogens with zero attached hydrogens (tertiary/aromatic N) is 2. The molecule has 1 saturated carbocycles. The molecule has 1 aliphatic heterocycles. The second-order valence-corrected chi connectivity index (χ2v) is 11.4. The standard InChI is InChI=1S/C22H32ClF2N3O3S.ClH/c1-3-14-32(30,31)28-12-10-27(11-13-28)21(6-8-22(24,25)9-7-21)16-26-20(29)19-5-4-18(23)15-17(19)2;/h4-5,15H,3,6-14,16H2,1-2H3,(H,26,29);1H. The van der Waals surface area contributed by atoms with Gasteiger partial charge in [0.2, 0.25) is 15.9 Å². The molecule has 2 fully saturated rings. The minimum atomic E-state index is -3.29. The zero-order valence-corrected chi connectivity index (χ0v) is 21.5. The highest BCUT2D eigenvalue weighted by atomic mass is 35.5. The SMILES string of the molecule is CCCS(=O)(=O)N1CCN(C2(CNC(=O)c3ccc(Cl)cc3C)CCC(F)(F)CC2)CC1.Cl. The Hall–Kier alpha value is -1.00. The first-order chi connectivity index (χ1) is 15.0. The van der Waals surface area contributed by atoms with Crippen LogP contribution in [0.4, 0.5) is 8.78 Å². The Morgan fingerprint density at radius 2 is 1.73 bits per heavy atom. The lowest BCUT2D eigenvalue weighted by Crippen LogP contribution is -2.63. The quantitative estimate of drug-likeness (QED) is 0.579. The number of rotatable bonds is 7. The lowest BCUT2D eigenvalue weighted by atomic mass is 9.78. The number of piperazine rings is 1. The Balaban J connectivity index is 0.00000385. The molecule has 1 aromatic carbocycles. The van der Waals surface area contributed by atoms with E-state index in [9.17, 15) is 22.0 Å². The van der Waals surface area contributed by atoms with Crippen LogP contribution in [0.3, 0.4) is 0 Å². The van der Waals surface area contributed by atoms with E-state index in [1.165, 1.54) is 4.31 Å². The van der Waals surface area contributed by atoms with E-state index in [2.05, 4.69) is 10.2 Å². The molecular formula is C22H33Cl2F2N3O3S. The van der Waals surface area contributed by atoms with Gasteiger partial charge in [0.05, 0.1) is 5.75 Å². The Morgan fingerprint density at radius 1 is 1.12 bits per heavy atom. The molecule has 0 aromatic heterocycles. The summed E-state index contributed by atoms with van der Waals surface area (Å²) in [7, 11) is -3.29. The fraction of sp³-hybridized carbons (Fsp3) is 0.682. The van der Waals surface area contributed by atoms with Crippen LogP contribution in [-0.4, -0.2) is 73.5 Å². The van der Waals surface area contributed by atoms with Crippen molar-refractivity contribution >= 4 is 39.9 Å². The van der Waals surface area contributed by atoms with Crippen molar-refractivity contribution in [3.8, 4) is 0 Å². The van der Waals surface area contributed by atoms with Crippen LogP contribution in [0.25, 0.3) is 0 Å². The molecule has 1 N–H and O–H groups in total. The number of hydrogen-bond donors (Lipinski definition) is 1. The zero-order valence-electron chi connectivity index (χ0n) is 19.1. The third-order valence-corrected chi connectivity index (χ3v) is 9.00. The monoisotopic (exact) mass is 527 g/mol. The summed E-state index contributed by atoms with van der Waals surface area (Å²) in [6, 6.07) is 5.02. The van der Waals surface area contributed by atoms with Gasteiger partial charge in [0, 0.05) is 61.7 Å². The molecule has 33 heavy (non-hydrogen) atoms. The van der Waals surface area contributed by atoms with Crippen molar-refractivity contribution in [3.05, 3.63) is 34.3 Å². The van der Waals surface area contributed by atoms with Gasteiger partial charge in [-0.1, -0.05) is 18.5 Å². The summed E-state index contributed by atoms with van der Waals surface area (Å²) in [5.74, 6) is -2.85. The predicted octanol–water partition coefficient (Wildman–Crippen LogP) is 4.11. The third-order valence-electron chi connectivity index (χ3n) is 6.69. The van der Waals surface area contributed by atoms with E-state index in [4.69, 9.17) is 11.6 Å².